The van der Waals surface area contributed by atoms with Gasteiger partial charge in [-0.3, -0.25) is 18.0 Å². The fourth-order valence-corrected chi connectivity index (χ4v) is 5.77. The van der Waals surface area contributed by atoms with Gasteiger partial charge in [0.1, 0.15) is 10.1 Å². The Morgan fingerprint density at radius 3 is 1.84 bits per heavy atom. The average molecular weight is 663 g/mol. The van der Waals surface area contributed by atoms with Gasteiger partial charge in [-0.2, -0.15) is 18.2 Å². The first-order valence-corrected chi connectivity index (χ1v) is 15.0. The molecule has 44 heavy (non-hydrogen) atoms. The van der Waals surface area contributed by atoms with Crippen LogP contribution in [0.4, 0.5) is 11.4 Å². The summed E-state index contributed by atoms with van der Waals surface area (Å²) < 4.78 is 71.3. The maximum atomic E-state index is 13.4. The summed E-state index contributed by atoms with van der Waals surface area (Å²) in [6, 6.07) is 17.8. The molecule has 0 saturated heterocycles. The van der Waals surface area contributed by atoms with Crippen molar-refractivity contribution in [2.45, 2.75) is 42.9 Å². The molecule has 2 amide bonds. The number of carbonyl (C=O) groups is 2. The van der Waals surface area contributed by atoms with Crippen molar-refractivity contribution in [1.82, 2.24) is 0 Å². The molecule has 0 aromatic heterocycles. The van der Waals surface area contributed by atoms with Gasteiger partial charge in [0.15, 0.2) is 0 Å². The zero-order valence-corrected chi connectivity index (χ0v) is 33.1. The molecule has 4 aromatic rings. The van der Waals surface area contributed by atoms with Crippen LogP contribution < -0.4 is 99.3 Å². The molecule has 0 radical (unpaired) electrons. The quantitative estimate of drug-likeness (QED) is 0.118. The topological polar surface area (TPSA) is 173 Å². The van der Waals surface area contributed by atoms with E-state index in [1.54, 1.807) is 24.3 Å². The molecule has 0 saturated carbocycles. The number of rotatable bonds is 6. The Balaban J connectivity index is 0.00000323. The van der Waals surface area contributed by atoms with Crippen molar-refractivity contribution < 1.29 is 124 Å². The summed E-state index contributed by atoms with van der Waals surface area (Å²) in [6.07, 6.45) is 0. The Hall–Kier alpha value is -1.10. The summed E-state index contributed by atoms with van der Waals surface area (Å²) in [7, 11) is -10.2. The van der Waals surface area contributed by atoms with Crippen molar-refractivity contribution in [3.8, 4) is 0 Å². The van der Waals surface area contributed by atoms with E-state index in [4.69, 9.17) is 0 Å². The van der Waals surface area contributed by atoms with Gasteiger partial charge in [0.2, 0.25) is 0 Å². The molecule has 0 spiro atoms. The number of hydrogen-bond donors (Lipinski definition) is 2. The largest absolute Gasteiger partial charge is 1.00 e. The molecule has 214 valence electrons. The van der Waals surface area contributed by atoms with Crippen LogP contribution in [-0.2, 0) is 25.7 Å². The van der Waals surface area contributed by atoms with E-state index in [-0.39, 0.29) is 105 Å². The van der Waals surface area contributed by atoms with Gasteiger partial charge < -0.3 is 19.7 Å². The summed E-state index contributed by atoms with van der Waals surface area (Å²) >= 11 is 0. The molecule has 2 N–H and O–H groups in total. The third-order valence-corrected chi connectivity index (χ3v) is 8.05. The number of benzene rings is 4. The Morgan fingerprint density at radius 2 is 1.30 bits per heavy atom. The summed E-state index contributed by atoms with van der Waals surface area (Å²) in [5.41, 5.74) is 1.84. The number of fused-ring (bicyclic) bond motifs is 1. The predicted molar refractivity (Wildman–Crippen MR) is 151 cm³/mol. The first-order valence-electron chi connectivity index (χ1n) is 12.2. The van der Waals surface area contributed by atoms with Crippen LogP contribution >= 0.6 is 0 Å². The van der Waals surface area contributed by atoms with Crippen molar-refractivity contribution in [2.75, 3.05) is 10.6 Å². The molecule has 0 fully saturated rings. The average Bonchev–Trinajstić information content (AvgIpc) is 2.86. The first kappa shape index (κ1) is 40.9. The second-order valence-electron chi connectivity index (χ2n) is 10.4. The Bertz CT molecular complexity index is 1940. The number of carbonyl (C=O) groups excluding carboxylic acids is 2. The van der Waals surface area contributed by atoms with E-state index in [1.807, 2.05) is 33.8 Å². The molecule has 4 aromatic carbocycles. The van der Waals surface area contributed by atoms with Crippen LogP contribution in [-0.4, -0.2) is 37.8 Å². The van der Waals surface area contributed by atoms with Gasteiger partial charge in [-0.15, -0.1) is 5.39 Å². The molecule has 0 atom stereocenters. The van der Waals surface area contributed by atoms with Crippen LogP contribution in [0, 0.1) is 13.0 Å². The van der Waals surface area contributed by atoms with Gasteiger partial charge in [-0.05, 0) is 53.1 Å². The molecule has 0 bridgehead atoms. The minimum atomic E-state index is -5.16. The predicted octanol–water partition coefficient (Wildman–Crippen LogP) is -4.43. The molecule has 4 rings (SSSR count). The maximum absolute atomic E-state index is 13.4. The summed E-state index contributed by atoms with van der Waals surface area (Å²) in [4.78, 5) is 24.8. The smallest absolute Gasteiger partial charge is 0.754 e. The zero-order chi connectivity index (χ0) is 30.3. The van der Waals surface area contributed by atoms with Crippen LogP contribution in [0.3, 0.4) is 0 Å². The summed E-state index contributed by atoms with van der Waals surface area (Å²) in [5, 5.41) is 4.54. The third-order valence-electron chi connectivity index (χ3n) is 6.30. The molecule has 15 heteroatoms. The number of nitrogens with one attached hydrogen (secondary N) is 2. The molecule has 0 aliphatic carbocycles. The number of aryl methyl sites for hydroxylation is 1. The van der Waals surface area contributed by atoms with E-state index in [0.717, 1.165) is 35.4 Å². The van der Waals surface area contributed by atoms with E-state index < -0.39 is 52.6 Å². The van der Waals surface area contributed by atoms with Gasteiger partial charge in [0.25, 0.3) is 11.8 Å². The van der Waals surface area contributed by atoms with Crippen molar-refractivity contribution in [2.24, 2.45) is 0 Å². The Labute approximate surface area is 323 Å². The molecule has 0 heterocycles. The fourth-order valence-electron chi connectivity index (χ4n) is 4.42. The van der Waals surface area contributed by atoms with Gasteiger partial charge >= 0.3 is 88.7 Å². The summed E-state index contributed by atoms with van der Waals surface area (Å²) in [5.74, 6) is -1.14. The van der Waals surface area contributed by atoms with Crippen LogP contribution in [0.15, 0.2) is 76.5 Å². The van der Waals surface area contributed by atoms with Crippen LogP contribution in [0.1, 0.15) is 52.6 Å². The zero-order valence-electron chi connectivity index (χ0n) is 25.4. The molecule has 0 aliphatic heterocycles. The van der Waals surface area contributed by atoms with Crippen LogP contribution in [0.5, 0.6) is 0 Å². The van der Waals surface area contributed by atoms with Crippen molar-refractivity contribution in [3.63, 3.8) is 0 Å². The van der Waals surface area contributed by atoms with Gasteiger partial charge in [0, 0.05) is 27.4 Å². The van der Waals surface area contributed by atoms with Crippen LogP contribution in [0.2, 0.25) is 0 Å². The van der Waals surface area contributed by atoms with Crippen molar-refractivity contribution in [3.05, 3.63) is 95.1 Å². The van der Waals surface area contributed by atoms with E-state index in [2.05, 4.69) is 16.7 Å². The number of hydrogen-bond acceptors (Lipinski definition) is 8. The third kappa shape index (κ3) is 9.47. The molecule has 0 unspecified atom stereocenters. The second-order valence-corrected chi connectivity index (χ2v) is 13.1. The number of anilines is 2. The minimum Gasteiger partial charge on any atom is -0.754 e. The summed E-state index contributed by atoms with van der Waals surface area (Å²) in [6.45, 7) is 7.66. The SMILES string of the molecule is Cc1cccc(C(=O)Nc2cc(C(=O)Nc3ccc(S(=O)(=O)[O-])c4c[c-]cc(S(=O)(=O)[O-])c34)ccc2C(C)(C)C)c1.[Na+].[Na+].[Na+]. The Kier molecular flexibility index (Phi) is 14.6. The molecule has 0 aliphatic rings. The first-order chi connectivity index (χ1) is 19.0. The number of amides is 2. The molecule has 10 nitrogen and oxygen atoms in total. The maximum Gasteiger partial charge on any atom is 1.00 e. The van der Waals surface area contributed by atoms with Crippen molar-refractivity contribution >= 4 is 54.2 Å². The molecular weight excluding hydrogens is 637 g/mol. The standard InChI is InChI=1S/C29H27N2O8S2.3Na/c1-17-7-5-8-18(15-17)27(32)31-23-16-19(11-12-21(23)29(2,3)4)28(33)30-22-13-14-24(40(34,35)36)20-9-6-10-25(26(20)22)41(37,38)39;;;/h5,7-16H,1-4H3,(H,30,33)(H,31,32)(H,34,35,36)(H,37,38,39);;;/q-1;3*+1/p-2. The second kappa shape index (κ2) is 15.7. The normalized spacial score (nSPS) is 11.4. The fraction of sp³-hybridized carbons (Fsp3) is 0.172. The van der Waals surface area contributed by atoms with E-state index >= 15 is 0 Å². The Morgan fingerprint density at radius 1 is 0.727 bits per heavy atom. The monoisotopic (exact) mass is 662 g/mol. The van der Waals surface area contributed by atoms with Gasteiger partial charge in [0.05, 0.1) is 10.1 Å². The van der Waals surface area contributed by atoms with Gasteiger partial charge in [-0.25, -0.2) is 8.42 Å². The van der Waals surface area contributed by atoms with Crippen molar-refractivity contribution in [1.29, 1.82) is 0 Å². The minimum absolute atomic E-state index is 0. The van der Waals surface area contributed by atoms with E-state index in [9.17, 15) is 35.5 Å². The van der Waals surface area contributed by atoms with E-state index in [0.29, 0.717) is 11.3 Å². The van der Waals surface area contributed by atoms with Crippen LogP contribution in [0.25, 0.3) is 10.8 Å². The molecular formula is C29H25N2Na3O8S2. The van der Waals surface area contributed by atoms with Gasteiger partial charge in [-0.1, -0.05) is 56.0 Å². The van der Waals surface area contributed by atoms with E-state index in [1.165, 1.54) is 12.1 Å².